The first-order chi connectivity index (χ1) is 18.1. The molecule has 38 heavy (non-hydrogen) atoms. The predicted octanol–water partition coefficient (Wildman–Crippen LogP) is 1.33. The van der Waals surface area contributed by atoms with E-state index in [1.165, 1.54) is 30.3 Å². The van der Waals surface area contributed by atoms with Crippen LogP contribution in [0.2, 0.25) is 0 Å². The van der Waals surface area contributed by atoms with E-state index >= 15 is 4.39 Å². The number of nitrogens with one attached hydrogen (secondary N) is 1. The molecule has 4 rings (SSSR count). The Morgan fingerprint density at radius 3 is 2.82 bits per heavy atom. The van der Waals surface area contributed by atoms with Crippen LogP contribution in [0.15, 0.2) is 25.0 Å². The number of carbonyl (C=O) groups excluding carboxylic acids is 2. The molecule has 1 fully saturated rings. The minimum Gasteiger partial charge on any atom is -0.383 e. The monoisotopic (exact) mass is 538 g/mol. The van der Waals surface area contributed by atoms with E-state index in [1.807, 2.05) is 6.92 Å². The molecule has 3 heterocycles. The summed E-state index contributed by atoms with van der Waals surface area (Å²) in [5.41, 5.74) is 5.35. The summed E-state index contributed by atoms with van der Waals surface area (Å²) in [6, 6.07) is 1.17. The number of fused-ring (bicyclic) bond motifs is 1. The molecule has 197 valence electrons. The molecule has 3 radical (unpaired) electrons. The lowest BCUT2D eigenvalue weighted by atomic mass is 10.1. The molecule has 1 aliphatic heterocycles. The number of aryl methyl sites for hydroxylation is 1. The lowest BCUT2D eigenvalue weighted by Gasteiger charge is -2.27. The SMILES string of the molecule is C=CC(=O)N1CC[C@]([Si])(n2nc(C#Cc3c(F)cc4c(ncn4CC)c3F)c(C(N)=O)c2NCCOC)C1. The van der Waals surface area contributed by atoms with Gasteiger partial charge in [0.1, 0.15) is 22.7 Å². The average molecular weight is 539 g/mol. The molecule has 1 saturated heterocycles. The van der Waals surface area contributed by atoms with Crippen LogP contribution in [0.1, 0.15) is 35.0 Å². The van der Waals surface area contributed by atoms with Crippen molar-refractivity contribution in [2.24, 2.45) is 5.73 Å². The number of methoxy groups -OCH3 is 1. The van der Waals surface area contributed by atoms with Crippen LogP contribution in [-0.2, 0) is 21.2 Å². The van der Waals surface area contributed by atoms with E-state index in [0.717, 1.165) is 0 Å². The number of ether oxygens (including phenoxy) is 1. The van der Waals surface area contributed by atoms with Gasteiger partial charge in [0.2, 0.25) is 5.91 Å². The van der Waals surface area contributed by atoms with E-state index in [2.05, 4.69) is 44.1 Å². The molecule has 1 aliphatic rings. The third-order valence-corrected chi connectivity index (χ3v) is 6.94. The molecule has 1 aromatic carbocycles. The van der Waals surface area contributed by atoms with Crippen LogP contribution < -0.4 is 11.1 Å². The van der Waals surface area contributed by atoms with Gasteiger partial charge in [0.05, 0.1) is 39.4 Å². The molecule has 0 unspecified atom stereocenters. The molecule has 0 saturated carbocycles. The maximum Gasteiger partial charge on any atom is 0.255 e. The Labute approximate surface area is 221 Å². The minimum atomic E-state index is -0.916. The summed E-state index contributed by atoms with van der Waals surface area (Å²) in [7, 11) is 5.26. The van der Waals surface area contributed by atoms with Crippen LogP contribution >= 0.6 is 0 Å². The van der Waals surface area contributed by atoms with Crippen LogP contribution in [0.4, 0.5) is 14.6 Å². The summed E-state index contributed by atoms with van der Waals surface area (Å²) >= 11 is 0. The first-order valence-electron chi connectivity index (χ1n) is 11.8. The standard InChI is InChI=1S/C25H26F2N7O3Si/c1-4-19(35)33-10-8-25(38,13-33)34-24(29-9-11-37-3)20(23(28)36)17(31-34)7-6-15-16(26)12-18-22(21(15)27)30-14-32(18)5-2/h4,12,14,29H,1,5,8-11,13H2,2-3H3,(H2,28,36)/t25-/m1/s1. The number of nitrogens with two attached hydrogens (primary N) is 1. The van der Waals surface area contributed by atoms with Crippen molar-refractivity contribution in [2.75, 3.05) is 38.7 Å². The van der Waals surface area contributed by atoms with E-state index in [4.69, 9.17) is 10.5 Å². The fourth-order valence-corrected chi connectivity index (χ4v) is 4.85. The number of amides is 2. The second kappa shape index (κ2) is 10.8. The lowest BCUT2D eigenvalue weighted by molar-refractivity contribution is -0.125. The summed E-state index contributed by atoms with van der Waals surface area (Å²) in [4.78, 5) is 30.4. The van der Waals surface area contributed by atoms with Crippen molar-refractivity contribution in [1.29, 1.82) is 0 Å². The number of hydrogen-bond donors (Lipinski definition) is 2. The third kappa shape index (κ3) is 4.80. The lowest BCUT2D eigenvalue weighted by Crippen LogP contribution is -2.40. The largest absolute Gasteiger partial charge is 0.383 e. The van der Waals surface area contributed by atoms with Crippen LogP contribution in [0.5, 0.6) is 0 Å². The number of rotatable bonds is 8. The van der Waals surface area contributed by atoms with Gasteiger partial charge in [0.15, 0.2) is 11.5 Å². The second-order valence-electron chi connectivity index (χ2n) is 8.71. The Balaban J connectivity index is 1.83. The fraction of sp³-hybridized carbons (Fsp3) is 0.360. The van der Waals surface area contributed by atoms with Crippen molar-refractivity contribution in [3.05, 3.63) is 53.5 Å². The number of hydrogen-bond acceptors (Lipinski definition) is 6. The number of likely N-dealkylation sites (tertiary alicyclic amines) is 1. The Morgan fingerprint density at radius 1 is 1.39 bits per heavy atom. The number of imidazole rings is 1. The summed E-state index contributed by atoms with van der Waals surface area (Å²) in [5, 5.41) is 6.67. The van der Waals surface area contributed by atoms with Crippen molar-refractivity contribution in [1.82, 2.24) is 24.2 Å². The molecule has 2 aromatic heterocycles. The van der Waals surface area contributed by atoms with Gasteiger partial charge in [-0.25, -0.2) is 18.4 Å². The molecule has 3 aromatic rings. The Kier molecular flexibility index (Phi) is 7.65. The number of benzene rings is 1. The normalized spacial score (nSPS) is 16.9. The van der Waals surface area contributed by atoms with Gasteiger partial charge in [-0.05, 0) is 25.3 Å². The highest BCUT2D eigenvalue weighted by atomic mass is 28.1. The van der Waals surface area contributed by atoms with E-state index in [1.54, 1.807) is 9.47 Å². The number of primary amides is 1. The molecule has 1 atom stereocenters. The zero-order valence-corrected chi connectivity index (χ0v) is 22.0. The average Bonchev–Trinajstić information content (AvgIpc) is 3.59. The summed E-state index contributed by atoms with van der Waals surface area (Å²) < 4.78 is 38.3. The first-order valence-corrected chi connectivity index (χ1v) is 12.3. The van der Waals surface area contributed by atoms with Crippen LogP contribution in [0.3, 0.4) is 0 Å². The van der Waals surface area contributed by atoms with E-state index < -0.39 is 28.3 Å². The molecule has 0 spiro atoms. The number of anilines is 1. The number of nitrogens with zero attached hydrogens (tertiary/aromatic N) is 5. The number of halogens is 2. The van der Waals surface area contributed by atoms with E-state index in [9.17, 15) is 14.0 Å². The first kappa shape index (κ1) is 27.0. The van der Waals surface area contributed by atoms with Crippen LogP contribution in [-0.4, -0.2) is 79.6 Å². The van der Waals surface area contributed by atoms with Crippen molar-refractivity contribution in [2.45, 2.75) is 25.1 Å². The van der Waals surface area contributed by atoms with Gasteiger partial charge in [-0.3, -0.25) is 9.59 Å². The Morgan fingerprint density at radius 2 is 2.16 bits per heavy atom. The van der Waals surface area contributed by atoms with Crippen LogP contribution in [0.25, 0.3) is 11.0 Å². The third-order valence-electron chi connectivity index (χ3n) is 6.32. The highest BCUT2D eigenvalue weighted by Crippen LogP contribution is 2.32. The molecule has 10 nitrogen and oxygen atoms in total. The number of carbonyl (C=O) groups is 2. The zero-order chi connectivity index (χ0) is 27.6. The quantitative estimate of drug-likeness (QED) is 0.193. The molecule has 13 heteroatoms. The molecular formula is C25H26F2N7O3Si. The molecule has 2 amide bonds. The molecule has 0 aliphatic carbocycles. The highest BCUT2D eigenvalue weighted by Gasteiger charge is 2.41. The Hall–Kier alpha value is -4.02. The van der Waals surface area contributed by atoms with Gasteiger partial charge >= 0.3 is 0 Å². The van der Waals surface area contributed by atoms with Crippen molar-refractivity contribution in [3.8, 4) is 11.8 Å². The zero-order valence-electron chi connectivity index (χ0n) is 21.0. The second-order valence-corrected chi connectivity index (χ2v) is 9.64. The molecule has 0 bridgehead atoms. The van der Waals surface area contributed by atoms with Crippen molar-refractivity contribution < 1.29 is 23.1 Å². The van der Waals surface area contributed by atoms with Crippen molar-refractivity contribution in [3.63, 3.8) is 0 Å². The summed E-state index contributed by atoms with van der Waals surface area (Å²) in [6.07, 6.45) is 3.08. The minimum absolute atomic E-state index is 0.0165. The van der Waals surface area contributed by atoms with Crippen LogP contribution in [0, 0.1) is 23.5 Å². The summed E-state index contributed by atoms with van der Waals surface area (Å²) in [5.74, 6) is 2.46. The molecular weight excluding hydrogens is 512 g/mol. The van der Waals surface area contributed by atoms with E-state index in [0.29, 0.717) is 38.2 Å². The van der Waals surface area contributed by atoms with Gasteiger partial charge in [-0.1, -0.05) is 12.5 Å². The Bertz CT molecular complexity index is 1490. The molecule has 3 N–H and O–H groups in total. The topological polar surface area (TPSA) is 120 Å². The number of aromatic nitrogens is 4. The van der Waals surface area contributed by atoms with Gasteiger partial charge in [-0.15, -0.1) is 0 Å². The van der Waals surface area contributed by atoms with Crippen molar-refractivity contribution >= 4 is 38.9 Å². The van der Waals surface area contributed by atoms with Gasteiger partial charge in [-0.2, -0.15) is 5.10 Å². The predicted molar refractivity (Wildman–Crippen MR) is 138 cm³/mol. The summed E-state index contributed by atoms with van der Waals surface area (Å²) in [6.45, 7) is 7.06. The highest BCUT2D eigenvalue weighted by molar-refractivity contribution is 6.15. The van der Waals surface area contributed by atoms with Gasteiger partial charge in [0, 0.05) is 39.4 Å². The maximum atomic E-state index is 15.2. The maximum absolute atomic E-state index is 15.2. The van der Waals surface area contributed by atoms with Gasteiger partial charge in [0.25, 0.3) is 5.91 Å². The van der Waals surface area contributed by atoms with E-state index in [-0.39, 0.29) is 35.0 Å². The van der Waals surface area contributed by atoms with Gasteiger partial charge < -0.3 is 25.3 Å². The smallest absolute Gasteiger partial charge is 0.255 e. The fourth-order valence-electron chi connectivity index (χ4n) is 4.38.